The standard InChI is InChI=1S/C37H41ClFN5O4/c1-23(45)35-29-19-27(28-20-40-24(2)41-21-28)18-26-10-7-5-3-4-6-8-17-48-32-15-16-43(33(47)22-44(42-35)36(26)29)37(32)31(46)14-13-25-11-9-12-30(38)34(25)39/h9,11-12,18-21,32,37H,3-8,10,13-17,22H2,1-2H3/t32-,37-/m1/s1. The van der Waals surface area contributed by atoms with Crippen molar-refractivity contribution in [2.45, 2.75) is 96.7 Å². The molecule has 0 saturated carbocycles. The van der Waals surface area contributed by atoms with E-state index in [2.05, 4.69) is 16.0 Å². The molecule has 2 aromatic heterocycles. The lowest BCUT2D eigenvalue weighted by Gasteiger charge is -2.27. The largest absolute Gasteiger partial charge is 0.376 e. The zero-order chi connectivity index (χ0) is 33.8. The summed E-state index contributed by atoms with van der Waals surface area (Å²) in [5.74, 6) is -0.518. The lowest BCUT2D eigenvalue weighted by molar-refractivity contribution is -0.141. The fraction of sp³-hybridized carbons (Fsp3) is 0.459. The SMILES string of the molecule is CC(=O)c1nn2c3c(cc(-c4cnc(C)nc4)cc13)CCCCCCCCO[C@@H]1CCN(C(=O)C2)[C@@H]1C(=O)CCc1cccc(Cl)c1F. The number of ether oxygens (including phenoxy) is 1. The van der Waals surface area contributed by atoms with Crippen molar-refractivity contribution < 1.29 is 23.5 Å². The first kappa shape index (κ1) is 33.9. The van der Waals surface area contributed by atoms with Crippen LogP contribution in [0.15, 0.2) is 42.7 Å². The third kappa shape index (κ3) is 7.34. The summed E-state index contributed by atoms with van der Waals surface area (Å²) >= 11 is 5.98. The van der Waals surface area contributed by atoms with Crippen molar-refractivity contribution in [3.05, 3.63) is 76.2 Å². The fourth-order valence-electron chi connectivity index (χ4n) is 7.00. The highest BCUT2D eigenvalue weighted by Crippen LogP contribution is 2.32. The topological polar surface area (TPSA) is 107 Å². The molecule has 252 valence electrons. The third-order valence-corrected chi connectivity index (χ3v) is 9.78. The van der Waals surface area contributed by atoms with Crippen LogP contribution < -0.4 is 0 Å². The van der Waals surface area contributed by atoms with Crippen LogP contribution in [0.25, 0.3) is 22.0 Å². The van der Waals surface area contributed by atoms with Gasteiger partial charge in [0, 0.05) is 49.8 Å². The van der Waals surface area contributed by atoms with Gasteiger partial charge in [0.05, 0.1) is 16.6 Å². The number of halogens is 2. The number of benzene rings is 2. The average molecular weight is 674 g/mol. The molecule has 4 heterocycles. The molecular formula is C37H41ClFN5O4. The number of ketones is 2. The molecular weight excluding hydrogens is 633 g/mol. The van der Waals surface area contributed by atoms with E-state index in [1.165, 1.54) is 13.0 Å². The predicted octanol–water partition coefficient (Wildman–Crippen LogP) is 6.88. The van der Waals surface area contributed by atoms with Crippen molar-refractivity contribution in [1.82, 2.24) is 24.6 Å². The Bertz CT molecular complexity index is 1820. The Kier molecular flexibility index (Phi) is 10.6. The molecule has 11 heteroatoms. The molecule has 1 saturated heterocycles. The minimum Gasteiger partial charge on any atom is -0.376 e. The number of hydrogen-bond donors (Lipinski definition) is 0. The minimum absolute atomic E-state index is 0.0119. The average Bonchev–Trinajstić information content (AvgIpc) is 3.66. The number of nitrogens with zero attached hydrogens (tertiary/aromatic N) is 5. The van der Waals surface area contributed by atoms with E-state index >= 15 is 0 Å². The maximum Gasteiger partial charge on any atom is 0.245 e. The predicted molar refractivity (Wildman–Crippen MR) is 182 cm³/mol. The van der Waals surface area contributed by atoms with Crippen LogP contribution in [0.3, 0.4) is 0 Å². The summed E-state index contributed by atoms with van der Waals surface area (Å²) in [4.78, 5) is 51.2. The highest BCUT2D eigenvalue weighted by Gasteiger charge is 2.42. The van der Waals surface area contributed by atoms with Crippen molar-refractivity contribution in [3.8, 4) is 11.1 Å². The van der Waals surface area contributed by atoms with E-state index in [1.807, 2.05) is 13.0 Å². The lowest BCUT2D eigenvalue weighted by atomic mass is 9.96. The molecule has 2 aliphatic heterocycles. The molecule has 2 bridgehead atoms. The summed E-state index contributed by atoms with van der Waals surface area (Å²) in [7, 11) is 0. The summed E-state index contributed by atoms with van der Waals surface area (Å²) in [5, 5.41) is 5.39. The summed E-state index contributed by atoms with van der Waals surface area (Å²) in [6.45, 7) is 4.05. The van der Waals surface area contributed by atoms with Crippen LogP contribution in [0.5, 0.6) is 0 Å². The van der Waals surface area contributed by atoms with E-state index in [0.717, 1.165) is 67.2 Å². The highest BCUT2D eigenvalue weighted by molar-refractivity contribution is 6.30. The Morgan fingerprint density at radius 3 is 2.56 bits per heavy atom. The zero-order valence-electron chi connectivity index (χ0n) is 27.5. The van der Waals surface area contributed by atoms with E-state index in [1.54, 1.807) is 34.1 Å². The van der Waals surface area contributed by atoms with Gasteiger partial charge in [0.25, 0.3) is 0 Å². The van der Waals surface area contributed by atoms with Crippen LogP contribution in [0.2, 0.25) is 5.02 Å². The van der Waals surface area contributed by atoms with Crippen LogP contribution in [-0.4, -0.2) is 67.4 Å². The van der Waals surface area contributed by atoms with Crippen LogP contribution in [0.1, 0.15) is 85.7 Å². The molecule has 0 unspecified atom stereocenters. The number of carbonyl (C=O) groups excluding carboxylic acids is 3. The third-order valence-electron chi connectivity index (χ3n) is 9.49. The van der Waals surface area contributed by atoms with Crippen molar-refractivity contribution in [1.29, 1.82) is 0 Å². The first-order valence-corrected chi connectivity index (χ1v) is 17.3. The minimum atomic E-state index is -0.794. The van der Waals surface area contributed by atoms with Gasteiger partial charge in [-0.1, -0.05) is 49.4 Å². The molecule has 1 fully saturated rings. The number of Topliss-reactive ketones (excluding diaryl/α,β-unsaturated/α-hetero) is 2. The molecule has 0 radical (unpaired) electrons. The molecule has 4 aromatic rings. The van der Waals surface area contributed by atoms with E-state index in [0.29, 0.717) is 42.0 Å². The van der Waals surface area contributed by atoms with E-state index < -0.39 is 18.0 Å². The maximum atomic E-state index is 14.6. The molecule has 48 heavy (non-hydrogen) atoms. The van der Waals surface area contributed by atoms with Gasteiger partial charge in [-0.25, -0.2) is 14.4 Å². The number of carbonyl (C=O) groups is 3. The van der Waals surface area contributed by atoms with Crippen LogP contribution >= 0.6 is 11.6 Å². The second-order valence-corrected chi connectivity index (χ2v) is 13.3. The van der Waals surface area contributed by atoms with Gasteiger partial charge in [0.2, 0.25) is 5.91 Å². The first-order valence-electron chi connectivity index (χ1n) is 16.9. The second-order valence-electron chi connectivity index (χ2n) is 12.9. The van der Waals surface area contributed by atoms with Gasteiger partial charge in [-0.05, 0) is 73.9 Å². The Balaban J connectivity index is 1.36. The number of aryl methyl sites for hydroxylation is 3. The van der Waals surface area contributed by atoms with Gasteiger partial charge in [0.15, 0.2) is 11.6 Å². The smallest absolute Gasteiger partial charge is 0.245 e. The molecule has 6 rings (SSSR count). The number of amides is 1. The second kappa shape index (κ2) is 15.0. The zero-order valence-corrected chi connectivity index (χ0v) is 28.3. The summed E-state index contributed by atoms with van der Waals surface area (Å²) in [5.41, 5.74) is 4.13. The quantitative estimate of drug-likeness (QED) is 0.205. The van der Waals surface area contributed by atoms with Crippen molar-refractivity contribution in [3.63, 3.8) is 0 Å². The lowest BCUT2D eigenvalue weighted by Crippen LogP contribution is -2.47. The molecule has 0 aliphatic carbocycles. The van der Waals surface area contributed by atoms with Gasteiger partial charge >= 0.3 is 0 Å². The maximum absolute atomic E-state index is 14.6. The van der Waals surface area contributed by atoms with Crippen molar-refractivity contribution in [2.24, 2.45) is 0 Å². The van der Waals surface area contributed by atoms with Gasteiger partial charge in [-0.3, -0.25) is 19.1 Å². The molecule has 1 amide bonds. The molecule has 2 aromatic carbocycles. The number of fused-ring (bicyclic) bond motifs is 2. The molecule has 2 aliphatic rings. The van der Waals surface area contributed by atoms with Crippen LogP contribution in [-0.2, 0) is 33.7 Å². The van der Waals surface area contributed by atoms with Crippen molar-refractivity contribution in [2.75, 3.05) is 13.2 Å². The Morgan fingerprint density at radius 2 is 1.79 bits per heavy atom. The fourth-order valence-corrected chi connectivity index (χ4v) is 7.20. The highest BCUT2D eigenvalue weighted by atomic mass is 35.5. The Hall–Kier alpha value is -4.02. The number of aromatic nitrogens is 4. The van der Waals surface area contributed by atoms with Gasteiger partial charge in [-0.15, -0.1) is 0 Å². The molecule has 2 atom stereocenters. The van der Waals surface area contributed by atoms with Gasteiger partial charge in [0.1, 0.15) is 29.9 Å². The van der Waals surface area contributed by atoms with E-state index in [9.17, 15) is 18.8 Å². The monoisotopic (exact) mass is 673 g/mol. The van der Waals surface area contributed by atoms with Gasteiger partial charge < -0.3 is 9.64 Å². The molecule has 0 N–H and O–H groups in total. The Morgan fingerprint density at radius 1 is 1.04 bits per heavy atom. The van der Waals surface area contributed by atoms with Crippen LogP contribution in [0.4, 0.5) is 4.39 Å². The van der Waals surface area contributed by atoms with Crippen molar-refractivity contribution >= 4 is 40.0 Å². The molecule has 0 spiro atoms. The van der Waals surface area contributed by atoms with E-state index in [4.69, 9.17) is 21.4 Å². The Labute approximate surface area is 284 Å². The number of rotatable bonds is 6. The summed E-state index contributed by atoms with van der Waals surface area (Å²) in [6.07, 6.45) is 10.7. The summed E-state index contributed by atoms with van der Waals surface area (Å²) in [6, 6.07) is 7.99. The first-order chi connectivity index (χ1) is 23.2. The summed E-state index contributed by atoms with van der Waals surface area (Å²) < 4.78 is 22.5. The van der Waals surface area contributed by atoms with Gasteiger partial charge in [-0.2, -0.15) is 5.10 Å². The van der Waals surface area contributed by atoms with E-state index in [-0.39, 0.29) is 41.9 Å². The van der Waals surface area contributed by atoms with Crippen LogP contribution in [0, 0.1) is 12.7 Å². The normalized spacial score (nSPS) is 19.4. The number of hydrogen-bond acceptors (Lipinski definition) is 7. The molecule has 9 nitrogen and oxygen atoms in total.